The molecule has 1 amide bonds. The highest BCUT2D eigenvalue weighted by atomic mass is 32.1. The lowest BCUT2D eigenvalue weighted by Crippen LogP contribution is -2.24. The fraction of sp³-hybridized carbons (Fsp3) is 0.261. The topological polar surface area (TPSA) is 85.6 Å². The average Bonchev–Trinajstić information content (AvgIpc) is 3.40. The van der Waals surface area contributed by atoms with Gasteiger partial charge in [-0.2, -0.15) is 0 Å². The molecule has 4 rings (SSSR count). The number of hydrogen-bond donors (Lipinski definition) is 1. The minimum absolute atomic E-state index is 0.234. The molecule has 0 aliphatic heterocycles. The molecule has 0 spiro atoms. The molecule has 0 fully saturated rings. The standard InChI is InChI=1S/C23H24N6OS/c1-15-5-7-17(8-6-15)13-23(3,4)20-25-10-9-18(27-20)19-16(2)26-21(31-19)28-22(30)29-12-11-24-14-29/h5-12,14H,13H2,1-4H3,(H,26,28,30). The number of benzene rings is 1. The van der Waals surface area contributed by atoms with Crippen molar-refractivity contribution in [3.05, 3.63) is 77.9 Å². The molecule has 0 unspecified atom stereocenters. The van der Waals surface area contributed by atoms with Crippen molar-refractivity contribution in [3.8, 4) is 10.6 Å². The first kappa shape index (κ1) is 20.9. The first-order valence-electron chi connectivity index (χ1n) is 9.98. The molecule has 8 heteroatoms. The van der Waals surface area contributed by atoms with Crippen LogP contribution in [0.1, 0.15) is 36.5 Å². The van der Waals surface area contributed by atoms with Gasteiger partial charge in [-0.3, -0.25) is 9.88 Å². The Labute approximate surface area is 185 Å². The minimum atomic E-state index is -0.305. The lowest BCUT2D eigenvalue weighted by Gasteiger charge is -2.23. The smallest absolute Gasteiger partial charge is 0.283 e. The van der Waals surface area contributed by atoms with Crippen molar-refractivity contribution < 1.29 is 4.79 Å². The van der Waals surface area contributed by atoms with Gasteiger partial charge in [-0.1, -0.05) is 55.0 Å². The van der Waals surface area contributed by atoms with Crippen LogP contribution >= 0.6 is 11.3 Å². The second-order valence-corrected chi connectivity index (χ2v) is 9.14. The van der Waals surface area contributed by atoms with Gasteiger partial charge in [0.25, 0.3) is 0 Å². The molecule has 1 aromatic carbocycles. The van der Waals surface area contributed by atoms with E-state index in [1.54, 1.807) is 18.6 Å². The van der Waals surface area contributed by atoms with Gasteiger partial charge in [0, 0.05) is 24.0 Å². The quantitative estimate of drug-likeness (QED) is 0.479. The molecular weight excluding hydrogens is 408 g/mol. The number of carbonyl (C=O) groups is 1. The molecule has 31 heavy (non-hydrogen) atoms. The van der Waals surface area contributed by atoms with Crippen LogP contribution in [0, 0.1) is 13.8 Å². The largest absolute Gasteiger partial charge is 0.333 e. The van der Waals surface area contributed by atoms with Crippen LogP contribution in [0.5, 0.6) is 0 Å². The van der Waals surface area contributed by atoms with E-state index in [0.29, 0.717) is 5.13 Å². The summed E-state index contributed by atoms with van der Waals surface area (Å²) >= 11 is 1.40. The number of anilines is 1. The first-order chi connectivity index (χ1) is 14.8. The van der Waals surface area contributed by atoms with Crippen molar-refractivity contribution in [1.82, 2.24) is 24.5 Å². The van der Waals surface area contributed by atoms with Gasteiger partial charge >= 0.3 is 6.03 Å². The molecule has 3 aromatic heterocycles. The van der Waals surface area contributed by atoms with Gasteiger partial charge in [-0.05, 0) is 31.9 Å². The Morgan fingerprint density at radius 2 is 1.87 bits per heavy atom. The monoisotopic (exact) mass is 432 g/mol. The van der Waals surface area contributed by atoms with Crippen molar-refractivity contribution in [2.75, 3.05) is 5.32 Å². The van der Waals surface area contributed by atoms with E-state index in [1.807, 2.05) is 13.0 Å². The highest BCUT2D eigenvalue weighted by Crippen LogP contribution is 2.33. The van der Waals surface area contributed by atoms with Crippen molar-refractivity contribution in [3.63, 3.8) is 0 Å². The number of nitrogens with one attached hydrogen (secondary N) is 1. The van der Waals surface area contributed by atoms with E-state index < -0.39 is 0 Å². The highest BCUT2D eigenvalue weighted by Gasteiger charge is 2.25. The number of imidazole rings is 1. The van der Waals surface area contributed by atoms with Crippen LogP contribution in [0.4, 0.5) is 9.93 Å². The van der Waals surface area contributed by atoms with E-state index in [9.17, 15) is 4.79 Å². The van der Waals surface area contributed by atoms with E-state index in [-0.39, 0.29) is 11.4 Å². The molecule has 158 valence electrons. The SMILES string of the molecule is Cc1ccc(CC(C)(C)c2nccc(-c3sc(NC(=O)n4ccnc4)nc3C)n2)cc1. The van der Waals surface area contributed by atoms with Crippen molar-refractivity contribution >= 4 is 22.5 Å². The van der Waals surface area contributed by atoms with Gasteiger partial charge in [0.05, 0.1) is 16.3 Å². The summed E-state index contributed by atoms with van der Waals surface area (Å²) in [6.45, 7) is 8.31. The summed E-state index contributed by atoms with van der Waals surface area (Å²) in [7, 11) is 0. The van der Waals surface area contributed by atoms with Gasteiger partial charge in [-0.25, -0.2) is 24.7 Å². The van der Waals surface area contributed by atoms with E-state index in [2.05, 4.69) is 65.3 Å². The number of thiazole rings is 1. The third-order valence-electron chi connectivity index (χ3n) is 5.01. The Hall–Kier alpha value is -3.39. The summed E-state index contributed by atoms with van der Waals surface area (Å²) < 4.78 is 1.37. The van der Waals surface area contributed by atoms with E-state index in [1.165, 1.54) is 33.4 Å². The fourth-order valence-electron chi connectivity index (χ4n) is 3.33. The lowest BCUT2D eigenvalue weighted by atomic mass is 9.84. The normalized spacial score (nSPS) is 11.5. The van der Waals surface area contributed by atoms with E-state index >= 15 is 0 Å². The Kier molecular flexibility index (Phi) is 5.65. The zero-order chi connectivity index (χ0) is 22.0. The first-order valence-corrected chi connectivity index (χ1v) is 10.8. The Balaban J connectivity index is 1.57. The predicted octanol–water partition coefficient (Wildman–Crippen LogP) is 5.01. The van der Waals surface area contributed by atoms with Gasteiger partial charge in [0.1, 0.15) is 12.2 Å². The number of carbonyl (C=O) groups excluding carboxylic acids is 1. The highest BCUT2D eigenvalue weighted by molar-refractivity contribution is 7.19. The minimum Gasteiger partial charge on any atom is -0.283 e. The number of aryl methyl sites for hydroxylation is 2. The van der Waals surface area contributed by atoms with Crippen molar-refractivity contribution in [2.24, 2.45) is 0 Å². The third-order valence-corrected chi connectivity index (χ3v) is 6.10. The Morgan fingerprint density at radius 1 is 1.10 bits per heavy atom. The molecule has 0 bridgehead atoms. The van der Waals surface area contributed by atoms with E-state index in [0.717, 1.165) is 28.5 Å². The van der Waals surface area contributed by atoms with Gasteiger partial charge in [0.15, 0.2) is 5.13 Å². The molecule has 4 aromatic rings. The maximum absolute atomic E-state index is 12.3. The van der Waals surface area contributed by atoms with Gasteiger partial charge < -0.3 is 0 Å². The van der Waals surface area contributed by atoms with E-state index in [4.69, 9.17) is 4.98 Å². The van der Waals surface area contributed by atoms with Crippen LogP contribution in [0.15, 0.2) is 55.2 Å². The zero-order valence-electron chi connectivity index (χ0n) is 18.0. The fourth-order valence-corrected chi connectivity index (χ4v) is 4.26. The van der Waals surface area contributed by atoms with Crippen LogP contribution in [-0.2, 0) is 11.8 Å². The number of aromatic nitrogens is 5. The molecule has 0 saturated heterocycles. The molecule has 7 nitrogen and oxygen atoms in total. The summed E-state index contributed by atoms with van der Waals surface area (Å²) in [6.07, 6.45) is 7.22. The summed E-state index contributed by atoms with van der Waals surface area (Å²) in [6, 6.07) is 10.1. The summed E-state index contributed by atoms with van der Waals surface area (Å²) in [4.78, 5) is 31.0. The van der Waals surface area contributed by atoms with Gasteiger partial charge in [0.2, 0.25) is 0 Å². The molecule has 0 aliphatic rings. The number of amides is 1. The molecule has 0 radical (unpaired) electrons. The zero-order valence-corrected chi connectivity index (χ0v) is 18.8. The summed E-state index contributed by atoms with van der Waals surface area (Å²) in [5.41, 5.74) is 3.88. The maximum Gasteiger partial charge on any atom is 0.333 e. The molecule has 0 saturated carbocycles. The third kappa shape index (κ3) is 4.69. The molecular formula is C23H24N6OS. The van der Waals surface area contributed by atoms with Crippen LogP contribution in [0.3, 0.4) is 0 Å². The maximum atomic E-state index is 12.3. The number of hydrogen-bond acceptors (Lipinski definition) is 6. The predicted molar refractivity (Wildman–Crippen MR) is 122 cm³/mol. The molecule has 1 N–H and O–H groups in total. The van der Waals surface area contributed by atoms with Gasteiger partial charge in [-0.15, -0.1) is 0 Å². The molecule has 0 atom stereocenters. The van der Waals surface area contributed by atoms with Crippen LogP contribution in [0.2, 0.25) is 0 Å². The average molecular weight is 433 g/mol. The molecule has 0 aliphatic carbocycles. The Morgan fingerprint density at radius 3 is 2.58 bits per heavy atom. The number of nitrogens with zero attached hydrogens (tertiary/aromatic N) is 5. The summed E-state index contributed by atoms with van der Waals surface area (Å²) in [5, 5.41) is 3.32. The molecule has 3 heterocycles. The van der Waals surface area contributed by atoms with Crippen molar-refractivity contribution in [1.29, 1.82) is 0 Å². The van der Waals surface area contributed by atoms with Crippen molar-refractivity contribution in [2.45, 2.75) is 39.5 Å². The number of rotatable bonds is 5. The second-order valence-electron chi connectivity index (χ2n) is 8.15. The van der Waals surface area contributed by atoms with Crippen LogP contribution in [-0.4, -0.2) is 30.5 Å². The summed E-state index contributed by atoms with van der Waals surface area (Å²) in [5.74, 6) is 0.780. The van der Waals surface area contributed by atoms with Crippen LogP contribution < -0.4 is 5.32 Å². The van der Waals surface area contributed by atoms with Crippen LogP contribution in [0.25, 0.3) is 10.6 Å². The lowest BCUT2D eigenvalue weighted by molar-refractivity contribution is 0.253. The Bertz CT molecular complexity index is 1200. The second kappa shape index (κ2) is 8.39.